The van der Waals surface area contributed by atoms with Crippen molar-refractivity contribution >= 4 is 18.0 Å². The highest BCUT2D eigenvalue weighted by atomic mass is 16.5. The van der Waals surface area contributed by atoms with E-state index in [1.54, 1.807) is 11.8 Å². The number of rotatable bonds is 13. The molecule has 0 unspecified atom stereocenters. The van der Waals surface area contributed by atoms with Crippen LogP contribution in [0.3, 0.4) is 0 Å². The zero-order chi connectivity index (χ0) is 24.2. The van der Waals surface area contributed by atoms with Crippen LogP contribution in [0, 0.1) is 5.92 Å². The number of esters is 1. The maximum absolute atomic E-state index is 13.5. The van der Waals surface area contributed by atoms with E-state index in [9.17, 15) is 19.5 Å². The Morgan fingerprint density at radius 2 is 1.73 bits per heavy atom. The molecule has 2 amide bonds. The summed E-state index contributed by atoms with van der Waals surface area (Å²) in [6, 6.07) is 6.39. The largest absolute Gasteiger partial charge is 0.480 e. The van der Waals surface area contributed by atoms with E-state index in [2.05, 4.69) is 6.92 Å². The van der Waals surface area contributed by atoms with Gasteiger partial charge in [0.15, 0.2) is 0 Å². The summed E-state index contributed by atoms with van der Waals surface area (Å²) in [4.78, 5) is 41.1. The molecule has 184 valence electrons. The first-order valence-corrected chi connectivity index (χ1v) is 12.4. The molecule has 0 saturated heterocycles. The monoisotopic (exact) mass is 460 g/mol. The minimum atomic E-state index is -1.01. The molecule has 1 aromatic rings. The normalized spacial score (nSPS) is 16.1. The molecule has 1 aromatic carbocycles. The Morgan fingerprint density at radius 3 is 2.36 bits per heavy atom. The topological polar surface area (TPSA) is 87.2 Å². The molecule has 7 heteroatoms. The van der Waals surface area contributed by atoms with Crippen molar-refractivity contribution < 1.29 is 24.2 Å². The van der Waals surface area contributed by atoms with Crippen LogP contribution < -0.4 is 0 Å². The molecular formula is C26H40N2O5. The summed E-state index contributed by atoms with van der Waals surface area (Å²) >= 11 is 0. The van der Waals surface area contributed by atoms with Gasteiger partial charge in [-0.05, 0) is 31.4 Å². The van der Waals surface area contributed by atoms with Crippen LogP contribution in [0.4, 0.5) is 4.79 Å². The predicted molar refractivity (Wildman–Crippen MR) is 128 cm³/mol. The molecule has 0 radical (unpaired) electrons. The number of hydrogen-bond donors (Lipinski definition) is 1. The van der Waals surface area contributed by atoms with Gasteiger partial charge in [0.25, 0.3) is 0 Å². The van der Waals surface area contributed by atoms with E-state index >= 15 is 0 Å². The number of nitrogens with zero attached hydrogens (tertiary/aromatic N) is 2. The molecule has 0 saturated carbocycles. The molecule has 0 bridgehead atoms. The van der Waals surface area contributed by atoms with Crippen molar-refractivity contribution in [1.82, 2.24) is 9.80 Å². The Labute approximate surface area is 198 Å². The molecule has 1 aliphatic heterocycles. The molecule has 0 aromatic heterocycles. The van der Waals surface area contributed by atoms with Crippen molar-refractivity contribution in [3.63, 3.8) is 0 Å². The lowest BCUT2D eigenvalue weighted by atomic mass is 9.94. The molecule has 7 nitrogen and oxygen atoms in total. The van der Waals surface area contributed by atoms with Gasteiger partial charge in [-0.25, -0.2) is 9.59 Å². The highest BCUT2D eigenvalue weighted by Gasteiger charge is 2.37. The lowest BCUT2D eigenvalue weighted by molar-refractivity contribution is -0.149. The maximum Gasteiger partial charge on any atom is 0.326 e. The van der Waals surface area contributed by atoms with Crippen LogP contribution in [0.5, 0.6) is 0 Å². The van der Waals surface area contributed by atoms with E-state index in [0.29, 0.717) is 19.6 Å². The predicted octanol–water partition coefficient (Wildman–Crippen LogP) is 4.87. The third kappa shape index (κ3) is 7.76. The molecule has 1 heterocycles. The van der Waals surface area contributed by atoms with Crippen molar-refractivity contribution in [3.05, 3.63) is 35.4 Å². The fraction of sp³-hybridized carbons (Fsp3) is 0.654. The van der Waals surface area contributed by atoms with Crippen LogP contribution in [0.25, 0.3) is 0 Å². The lowest BCUT2D eigenvalue weighted by Gasteiger charge is -2.38. The van der Waals surface area contributed by atoms with Crippen LogP contribution in [0.2, 0.25) is 0 Å². The zero-order valence-electron chi connectivity index (χ0n) is 20.4. The molecular weight excluding hydrogens is 420 g/mol. The van der Waals surface area contributed by atoms with Crippen LogP contribution in [0.1, 0.15) is 76.8 Å². The van der Waals surface area contributed by atoms with Gasteiger partial charge in [-0.3, -0.25) is 4.79 Å². The van der Waals surface area contributed by atoms with E-state index in [0.717, 1.165) is 30.4 Å². The second kappa shape index (κ2) is 13.9. The number of carboxylic acid groups (broad SMARTS) is 1. The number of amides is 2. The minimum Gasteiger partial charge on any atom is -0.480 e. The number of carboxylic acids is 1. The zero-order valence-corrected chi connectivity index (χ0v) is 20.4. The van der Waals surface area contributed by atoms with Gasteiger partial charge in [0.2, 0.25) is 0 Å². The summed E-state index contributed by atoms with van der Waals surface area (Å²) in [5.41, 5.74) is 1.93. The summed E-state index contributed by atoms with van der Waals surface area (Å²) < 4.78 is 5.29. The van der Waals surface area contributed by atoms with Gasteiger partial charge in [-0.15, -0.1) is 0 Å². The Hall–Kier alpha value is -2.57. The SMILES string of the molecule is CCCCCCCC[C@@H](CN(CC)C(=O)N1Cc2ccccc2C[C@H]1C(=O)O)C(=O)OCC. The average molecular weight is 461 g/mol. The van der Waals surface area contributed by atoms with Crippen LogP contribution in [-0.4, -0.2) is 58.6 Å². The summed E-state index contributed by atoms with van der Waals surface area (Å²) in [6.07, 6.45) is 7.68. The number of fused-ring (bicyclic) bond motifs is 1. The quantitative estimate of drug-likeness (QED) is 0.335. The van der Waals surface area contributed by atoms with Crippen LogP contribution in [-0.2, 0) is 27.3 Å². The van der Waals surface area contributed by atoms with Crippen molar-refractivity contribution in [1.29, 1.82) is 0 Å². The molecule has 33 heavy (non-hydrogen) atoms. The average Bonchev–Trinajstić information content (AvgIpc) is 2.82. The Morgan fingerprint density at radius 1 is 1.06 bits per heavy atom. The Kier molecular flexibility index (Phi) is 11.2. The smallest absolute Gasteiger partial charge is 0.326 e. The van der Waals surface area contributed by atoms with Crippen LogP contribution >= 0.6 is 0 Å². The Balaban J connectivity index is 2.09. The summed E-state index contributed by atoms with van der Waals surface area (Å²) in [7, 11) is 0. The first kappa shape index (κ1) is 26.7. The first-order chi connectivity index (χ1) is 15.9. The molecule has 0 fully saturated rings. The maximum atomic E-state index is 13.5. The first-order valence-electron chi connectivity index (χ1n) is 12.4. The molecule has 1 aliphatic rings. The minimum absolute atomic E-state index is 0.244. The number of carbonyl (C=O) groups is 3. The number of unbranched alkanes of at least 4 members (excludes halogenated alkanes) is 5. The fourth-order valence-corrected chi connectivity index (χ4v) is 4.45. The number of aliphatic carboxylic acids is 1. The van der Waals surface area contributed by atoms with Crippen molar-refractivity contribution in [2.24, 2.45) is 5.92 Å². The van der Waals surface area contributed by atoms with E-state index < -0.39 is 17.9 Å². The third-order valence-corrected chi connectivity index (χ3v) is 6.40. The molecule has 2 atom stereocenters. The summed E-state index contributed by atoms with van der Waals surface area (Å²) in [5, 5.41) is 9.80. The number of ether oxygens (including phenoxy) is 1. The second-order valence-corrected chi connectivity index (χ2v) is 8.78. The van der Waals surface area contributed by atoms with Gasteiger partial charge in [0, 0.05) is 26.1 Å². The Bertz CT molecular complexity index is 782. The molecule has 1 N–H and O–H groups in total. The van der Waals surface area contributed by atoms with E-state index in [1.165, 1.54) is 24.2 Å². The van der Waals surface area contributed by atoms with Gasteiger partial charge < -0.3 is 19.6 Å². The van der Waals surface area contributed by atoms with E-state index in [-0.39, 0.29) is 31.5 Å². The lowest BCUT2D eigenvalue weighted by Crippen LogP contribution is -2.54. The summed E-state index contributed by atoms with van der Waals surface area (Å²) in [6.45, 7) is 7.02. The number of urea groups is 1. The van der Waals surface area contributed by atoms with Gasteiger partial charge in [0.05, 0.1) is 12.5 Å². The molecule has 0 spiro atoms. The van der Waals surface area contributed by atoms with E-state index in [1.807, 2.05) is 31.2 Å². The van der Waals surface area contributed by atoms with Gasteiger partial charge >= 0.3 is 18.0 Å². The number of benzene rings is 1. The van der Waals surface area contributed by atoms with Gasteiger partial charge in [0.1, 0.15) is 6.04 Å². The van der Waals surface area contributed by atoms with E-state index in [4.69, 9.17) is 4.74 Å². The van der Waals surface area contributed by atoms with Crippen molar-refractivity contribution in [3.8, 4) is 0 Å². The van der Waals surface area contributed by atoms with Gasteiger partial charge in [-0.2, -0.15) is 0 Å². The molecule has 0 aliphatic carbocycles. The highest BCUT2D eigenvalue weighted by molar-refractivity contribution is 5.84. The summed E-state index contributed by atoms with van der Waals surface area (Å²) in [5.74, 6) is -1.70. The fourth-order valence-electron chi connectivity index (χ4n) is 4.45. The third-order valence-electron chi connectivity index (χ3n) is 6.40. The molecule has 2 rings (SSSR count). The second-order valence-electron chi connectivity index (χ2n) is 8.78. The number of hydrogen-bond acceptors (Lipinski definition) is 4. The van der Waals surface area contributed by atoms with Crippen molar-refractivity contribution in [2.75, 3.05) is 19.7 Å². The van der Waals surface area contributed by atoms with Gasteiger partial charge in [-0.1, -0.05) is 69.7 Å². The van der Waals surface area contributed by atoms with Crippen LogP contribution in [0.15, 0.2) is 24.3 Å². The standard InChI is InChI=1S/C26H40N2O5/c1-4-7-8-9-10-11-16-22(25(31)33-6-3)18-27(5-2)26(32)28-19-21-15-13-12-14-20(21)17-23(28)24(29)30/h12-15,22-23H,4-11,16-19H2,1-3H3,(H,29,30)/t22-,23-/m0/s1. The number of carbonyl (C=O) groups excluding carboxylic acids is 2. The van der Waals surface area contributed by atoms with Crippen molar-refractivity contribution in [2.45, 2.75) is 84.7 Å². The highest BCUT2D eigenvalue weighted by Crippen LogP contribution is 2.25.